The van der Waals surface area contributed by atoms with Crippen LogP contribution in [0.4, 0.5) is 132 Å². The number of fused-ring (bicyclic) bond motifs is 3. The molecule has 0 aliphatic heterocycles. The van der Waals surface area contributed by atoms with Gasteiger partial charge in [0.05, 0.1) is 83.2 Å². The lowest BCUT2D eigenvalue weighted by Crippen LogP contribution is -2.44. The van der Waals surface area contributed by atoms with Crippen LogP contribution in [0.3, 0.4) is 0 Å². The van der Waals surface area contributed by atoms with Crippen LogP contribution in [-0.4, -0.2) is 36.2 Å². The number of hydrogen-bond acceptors (Lipinski definition) is 3. The Morgan fingerprint density at radius 3 is 0.585 bits per heavy atom. The van der Waals surface area contributed by atoms with Crippen molar-refractivity contribution < 1.29 is 132 Å². The SMILES string of the molecule is Fc1c(F)c(F)c2c(c(-c3cc(C(F)(F)F)cc(C(F)(F)F)c3)nn2[BH-](n2nc(-c3cc(C(F)(F)F)cc(C(F)(F)F)c3)c3c(F)c(F)c(F)c(F)c32)n2nc(-c3cc(C(F)(F)F)cc(C(F)(F)F)c3)c3c(F)c(F)c(F)c(F)c32)c1F. The van der Waals surface area contributed by atoms with E-state index >= 15 is 52.7 Å². The molecule has 0 aliphatic rings. The molecule has 0 saturated heterocycles. The fraction of sp³-hybridized carbons (Fsp3) is 0.133. The summed E-state index contributed by atoms with van der Waals surface area (Å²) in [6.07, 6.45) is -35.8. The first-order valence-electron chi connectivity index (χ1n) is 21.3. The van der Waals surface area contributed by atoms with Gasteiger partial charge in [0.25, 0.3) is 0 Å². The largest absolute Gasteiger partial charge is 0.416 e. The lowest BCUT2D eigenvalue weighted by atomic mass is 9.92. The summed E-state index contributed by atoms with van der Waals surface area (Å²) in [5.41, 5.74) is -34.2. The Kier molecular flexibility index (Phi) is 13.2. The van der Waals surface area contributed by atoms with Gasteiger partial charge in [-0.1, -0.05) is 0 Å². The summed E-state index contributed by atoms with van der Waals surface area (Å²) in [6, 6.07) is -4.86. The molecular weight excluding hydrogens is 1210 g/mol. The molecule has 0 unspecified atom stereocenters. The van der Waals surface area contributed by atoms with Gasteiger partial charge in [-0.2, -0.15) is 79.0 Å². The quantitative estimate of drug-likeness (QED) is 0.0721. The molecule has 0 amide bonds. The second kappa shape index (κ2) is 18.6. The van der Waals surface area contributed by atoms with Crippen LogP contribution >= 0.6 is 0 Å². The minimum Gasteiger partial charge on any atom is -0.393 e. The number of benzene rings is 6. The number of hydrogen-bond donors (Lipinski definition) is 0. The van der Waals surface area contributed by atoms with Crippen LogP contribution in [-0.2, 0) is 37.1 Å². The van der Waals surface area contributed by atoms with Crippen molar-refractivity contribution in [3.05, 3.63) is 158 Å². The number of nitrogens with zero attached hydrogens (tertiary/aromatic N) is 6. The Morgan fingerprint density at radius 1 is 0.244 bits per heavy atom. The lowest BCUT2D eigenvalue weighted by Gasteiger charge is -2.30. The van der Waals surface area contributed by atoms with Gasteiger partial charge in [-0.25, -0.2) is 68.0 Å². The molecule has 9 aromatic rings. The number of rotatable bonds is 6. The maximum atomic E-state index is 16.7. The molecule has 0 radical (unpaired) electrons. The van der Waals surface area contributed by atoms with Crippen molar-refractivity contribution in [3.63, 3.8) is 0 Å². The van der Waals surface area contributed by atoms with Crippen LogP contribution in [0.1, 0.15) is 33.4 Å². The van der Waals surface area contributed by atoms with Crippen molar-refractivity contribution in [1.29, 1.82) is 0 Å². The van der Waals surface area contributed by atoms with Gasteiger partial charge in [-0.05, 0) is 54.6 Å². The third-order valence-electron chi connectivity index (χ3n) is 12.3. The molecule has 9 rings (SSSR count). The van der Waals surface area contributed by atoms with E-state index in [2.05, 4.69) is 15.3 Å². The molecule has 82 heavy (non-hydrogen) atoms. The van der Waals surface area contributed by atoms with Gasteiger partial charge in [0.1, 0.15) is 0 Å². The third kappa shape index (κ3) is 9.36. The van der Waals surface area contributed by atoms with Gasteiger partial charge in [0, 0.05) is 16.7 Å². The Bertz CT molecular complexity index is 3650. The van der Waals surface area contributed by atoms with Crippen molar-refractivity contribution in [2.45, 2.75) is 37.1 Å². The smallest absolute Gasteiger partial charge is 0.393 e. The molecule has 0 N–H and O–H groups in total. The van der Waals surface area contributed by atoms with Crippen molar-refractivity contribution in [1.82, 2.24) is 29.1 Å². The monoisotopic (exact) mass is 1220 g/mol. The predicted molar refractivity (Wildman–Crippen MR) is 218 cm³/mol. The van der Waals surface area contributed by atoms with Gasteiger partial charge in [0.15, 0.2) is 69.8 Å². The maximum Gasteiger partial charge on any atom is 0.416 e. The minimum atomic E-state index is -5.97. The maximum absolute atomic E-state index is 16.7. The van der Waals surface area contributed by atoms with Crippen LogP contribution < -0.4 is 0 Å². The van der Waals surface area contributed by atoms with E-state index < -0.39 is 282 Å². The molecule has 37 heteroatoms. The average Bonchev–Trinajstić information content (AvgIpc) is 1.70. The van der Waals surface area contributed by atoms with E-state index in [0.717, 1.165) is 0 Å². The first-order valence-corrected chi connectivity index (χ1v) is 21.3. The molecule has 3 heterocycles. The topological polar surface area (TPSA) is 53.5 Å². The van der Waals surface area contributed by atoms with Gasteiger partial charge < -0.3 is 13.8 Å². The average molecular weight is 1220 g/mol. The molecule has 434 valence electrons. The molecule has 0 spiro atoms. The van der Waals surface area contributed by atoms with E-state index in [4.69, 9.17) is 0 Å². The van der Waals surface area contributed by atoms with Crippen molar-refractivity contribution >= 4 is 39.8 Å². The first-order chi connectivity index (χ1) is 37.5. The second-order valence-corrected chi connectivity index (χ2v) is 17.3. The Balaban J connectivity index is 1.59. The number of aromatic nitrogens is 6. The van der Waals surface area contributed by atoms with E-state index in [0.29, 0.717) is 0 Å². The van der Waals surface area contributed by atoms with E-state index in [1.165, 1.54) is 0 Å². The molecular formula is C45H10BF30N6-. The summed E-state index contributed by atoms with van der Waals surface area (Å²) in [5.74, 6) is -37.3. The van der Waals surface area contributed by atoms with Crippen molar-refractivity contribution in [3.8, 4) is 33.8 Å². The highest BCUT2D eigenvalue weighted by molar-refractivity contribution is 6.56. The zero-order valence-corrected chi connectivity index (χ0v) is 37.9. The molecule has 0 bridgehead atoms. The molecule has 6 nitrogen and oxygen atoms in total. The fourth-order valence-electron chi connectivity index (χ4n) is 8.77. The Morgan fingerprint density at radius 2 is 0.415 bits per heavy atom. The van der Waals surface area contributed by atoms with E-state index in [1.54, 1.807) is 0 Å². The number of halogens is 30. The predicted octanol–water partition coefficient (Wildman–Crippen LogP) is 16.2. The highest BCUT2D eigenvalue weighted by atomic mass is 19.4. The molecule has 3 aromatic heterocycles. The van der Waals surface area contributed by atoms with E-state index in [1.807, 2.05) is 0 Å². The summed E-state index contributed by atoms with van der Waals surface area (Å²) < 4.78 is 446. The van der Waals surface area contributed by atoms with Crippen LogP contribution in [0.2, 0.25) is 0 Å². The van der Waals surface area contributed by atoms with Gasteiger partial charge >= 0.3 is 44.2 Å². The normalized spacial score (nSPS) is 13.4. The minimum absolute atomic E-state index is 0.467. The van der Waals surface area contributed by atoms with Crippen LogP contribution in [0.25, 0.3) is 66.5 Å². The van der Waals surface area contributed by atoms with Gasteiger partial charge in [-0.15, -0.1) is 0 Å². The van der Waals surface area contributed by atoms with Gasteiger partial charge in [-0.3, -0.25) is 0 Å². The lowest BCUT2D eigenvalue weighted by molar-refractivity contribution is -0.144. The highest BCUT2D eigenvalue weighted by Crippen LogP contribution is 2.47. The fourth-order valence-corrected chi connectivity index (χ4v) is 8.77. The zero-order chi connectivity index (χ0) is 61.1. The standard InChI is InChI=1S/C45H10BF30N6/c47-22-19-34(10-1-13(40(59,60)61)7-14(2-10)41(62,63)64)77-80(37(19)31(56)28(53)25(22)50)46(81-38-20(23(48)26(51)29(54)32(38)57)35(78-81)11-3-15(42(65,66)67)8-16(4-11)43(68,69)70)82-39-21(24(49)27(52)30(55)33(39)58)36(79-82)12-5-17(44(71,72)73)9-18(6-12)45(74,75)76/h1-9,46H/q-1. The molecule has 0 atom stereocenters. The molecule has 0 aliphatic carbocycles. The summed E-state index contributed by atoms with van der Waals surface area (Å²) in [4.78, 5) is 0. The summed E-state index contributed by atoms with van der Waals surface area (Å²) in [7, 11) is -5.62. The summed E-state index contributed by atoms with van der Waals surface area (Å²) >= 11 is 0. The Hall–Kier alpha value is -8.31. The summed E-state index contributed by atoms with van der Waals surface area (Å²) in [6.45, 7) is 0. The molecule has 0 saturated carbocycles. The zero-order valence-electron chi connectivity index (χ0n) is 37.9. The third-order valence-corrected chi connectivity index (χ3v) is 12.3. The van der Waals surface area contributed by atoms with Crippen LogP contribution in [0, 0.1) is 69.8 Å². The van der Waals surface area contributed by atoms with E-state index in [9.17, 15) is 79.0 Å². The Labute approximate surface area is 429 Å². The first kappa shape index (κ1) is 58.4. The summed E-state index contributed by atoms with van der Waals surface area (Å²) in [5, 5.41) is 3.09. The molecule has 6 aromatic carbocycles. The van der Waals surface area contributed by atoms with Crippen LogP contribution in [0.15, 0.2) is 54.6 Å². The molecule has 0 fully saturated rings. The number of alkyl halides is 18. The van der Waals surface area contributed by atoms with Gasteiger partial charge in [0.2, 0.25) is 0 Å². The van der Waals surface area contributed by atoms with Crippen LogP contribution in [0.5, 0.6) is 0 Å². The van der Waals surface area contributed by atoms with Crippen molar-refractivity contribution in [2.75, 3.05) is 0 Å². The van der Waals surface area contributed by atoms with Crippen molar-refractivity contribution in [2.24, 2.45) is 0 Å². The highest BCUT2D eigenvalue weighted by Gasteiger charge is 2.43. The van der Waals surface area contributed by atoms with E-state index in [-0.39, 0.29) is 0 Å². The second-order valence-electron chi connectivity index (χ2n) is 17.3.